The minimum atomic E-state index is -0.495. The van der Waals surface area contributed by atoms with Crippen LogP contribution in [0.2, 0.25) is 0 Å². The number of hydrogen-bond donors (Lipinski definition) is 1. The predicted octanol–water partition coefficient (Wildman–Crippen LogP) is 4.63. The van der Waals surface area contributed by atoms with E-state index in [9.17, 15) is 14.0 Å². The lowest BCUT2D eigenvalue weighted by Gasteiger charge is -2.12. The summed E-state index contributed by atoms with van der Waals surface area (Å²) in [7, 11) is 1.50. The molecular weight excluding hydrogens is 387 g/mol. The Morgan fingerprint density at radius 1 is 1.07 bits per heavy atom. The normalized spacial score (nSPS) is 10.5. The molecule has 6 nitrogen and oxygen atoms in total. The number of hydrogen-bond acceptors (Lipinski definition) is 4. The maximum atomic E-state index is 14.1. The molecule has 0 bridgehead atoms. The Morgan fingerprint density at radius 2 is 1.83 bits per heavy atom. The van der Waals surface area contributed by atoms with E-state index in [4.69, 9.17) is 9.47 Å². The van der Waals surface area contributed by atoms with E-state index in [1.54, 1.807) is 30.3 Å². The molecule has 1 amide bonds. The molecule has 1 aromatic heterocycles. The van der Waals surface area contributed by atoms with E-state index in [2.05, 4.69) is 5.32 Å². The number of benzene rings is 2. The van der Waals surface area contributed by atoms with Gasteiger partial charge in [0.15, 0.2) is 17.3 Å². The number of nitrogens with one attached hydrogen (secondary N) is 1. The van der Waals surface area contributed by atoms with Gasteiger partial charge in [0.1, 0.15) is 5.82 Å². The molecule has 0 spiro atoms. The summed E-state index contributed by atoms with van der Waals surface area (Å²) in [5.74, 6) is 0.0841. The van der Waals surface area contributed by atoms with E-state index in [-0.39, 0.29) is 30.4 Å². The Labute approximate surface area is 174 Å². The number of carbonyl (C=O) groups excluding carboxylic acids is 2. The molecule has 3 rings (SSSR count). The van der Waals surface area contributed by atoms with Crippen molar-refractivity contribution in [3.63, 3.8) is 0 Å². The first-order chi connectivity index (χ1) is 14.5. The first kappa shape index (κ1) is 21.1. The van der Waals surface area contributed by atoms with Crippen LogP contribution >= 0.6 is 0 Å². The van der Waals surface area contributed by atoms with Gasteiger partial charge in [-0.3, -0.25) is 9.59 Å². The average molecular weight is 410 g/mol. The Hall–Kier alpha value is -3.61. The minimum Gasteiger partial charge on any atom is -0.493 e. The predicted molar refractivity (Wildman–Crippen MR) is 112 cm³/mol. The number of nitrogens with zero attached hydrogens (tertiary/aromatic N) is 1. The molecule has 0 aliphatic rings. The molecule has 156 valence electrons. The first-order valence-electron chi connectivity index (χ1n) is 9.52. The molecule has 3 aromatic rings. The maximum absolute atomic E-state index is 14.1. The molecule has 0 radical (unpaired) electrons. The largest absolute Gasteiger partial charge is 0.493 e. The van der Waals surface area contributed by atoms with E-state index >= 15 is 0 Å². The number of ketones is 1. The van der Waals surface area contributed by atoms with Crippen molar-refractivity contribution in [2.45, 2.75) is 19.8 Å². The summed E-state index contributed by atoms with van der Waals surface area (Å²) in [6.07, 6.45) is 4.28. The zero-order valence-corrected chi connectivity index (χ0v) is 16.9. The van der Waals surface area contributed by atoms with Crippen molar-refractivity contribution in [1.82, 2.24) is 4.57 Å². The van der Waals surface area contributed by atoms with Crippen molar-refractivity contribution in [3.05, 3.63) is 72.3 Å². The highest BCUT2D eigenvalue weighted by Gasteiger charge is 2.11. The highest BCUT2D eigenvalue weighted by Crippen LogP contribution is 2.28. The average Bonchev–Trinajstić information content (AvgIpc) is 3.27. The van der Waals surface area contributed by atoms with Crippen LogP contribution in [0.4, 0.5) is 10.1 Å². The molecule has 1 N–H and O–H groups in total. The standard InChI is InChI=1S/C23H23FN2O4/c1-16(27)17-7-10-21(22(14-17)29-2)30-13-5-6-23(28)25-20-15-18(8-9-19(20)24)26-11-3-4-12-26/h3-4,7-12,14-15H,5-6,13H2,1-2H3,(H,25,28). The second kappa shape index (κ2) is 9.73. The minimum absolute atomic E-state index is 0.0652. The third kappa shape index (κ3) is 5.26. The number of aromatic nitrogens is 1. The van der Waals surface area contributed by atoms with Gasteiger partial charge in [0.05, 0.1) is 19.4 Å². The van der Waals surface area contributed by atoms with Crippen LogP contribution in [-0.2, 0) is 4.79 Å². The van der Waals surface area contributed by atoms with Crippen molar-refractivity contribution in [2.75, 3.05) is 19.0 Å². The summed E-state index contributed by atoms with van der Waals surface area (Å²) < 4.78 is 26.8. The fourth-order valence-corrected chi connectivity index (χ4v) is 2.91. The third-order valence-electron chi connectivity index (χ3n) is 4.50. The van der Waals surface area contributed by atoms with Gasteiger partial charge in [-0.15, -0.1) is 0 Å². The lowest BCUT2D eigenvalue weighted by atomic mass is 10.1. The molecule has 0 aliphatic heterocycles. The Balaban J connectivity index is 1.52. The van der Waals surface area contributed by atoms with Crippen molar-refractivity contribution >= 4 is 17.4 Å². The number of methoxy groups -OCH3 is 1. The van der Waals surface area contributed by atoms with Crippen molar-refractivity contribution in [2.24, 2.45) is 0 Å². The number of amides is 1. The Kier molecular flexibility index (Phi) is 6.85. The van der Waals surface area contributed by atoms with Crippen LogP contribution in [0, 0.1) is 5.82 Å². The molecule has 0 aliphatic carbocycles. The number of halogens is 1. The Morgan fingerprint density at radius 3 is 2.53 bits per heavy atom. The maximum Gasteiger partial charge on any atom is 0.224 e. The smallest absolute Gasteiger partial charge is 0.224 e. The first-order valence-corrected chi connectivity index (χ1v) is 9.52. The number of anilines is 1. The van der Waals surface area contributed by atoms with Crippen LogP contribution in [0.1, 0.15) is 30.1 Å². The van der Waals surface area contributed by atoms with Gasteiger partial charge in [-0.05, 0) is 61.9 Å². The zero-order valence-electron chi connectivity index (χ0n) is 16.9. The molecule has 30 heavy (non-hydrogen) atoms. The van der Waals surface area contributed by atoms with E-state index in [0.29, 0.717) is 23.5 Å². The van der Waals surface area contributed by atoms with Gasteiger partial charge < -0.3 is 19.4 Å². The summed E-state index contributed by atoms with van der Waals surface area (Å²) in [6, 6.07) is 13.2. The highest BCUT2D eigenvalue weighted by molar-refractivity contribution is 5.94. The quantitative estimate of drug-likeness (QED) is 0.413. The molecule has 0 saturated carbocycles. The third-order valence-corrected chi connectivity index (χ3v) is 4.50. The second-order valence-electron chi connectivity index (χ2n) is 6.68. The van der Waals surface area contributed by atoms with Gasteiger partial charge in [-0.2, -0.15) is 0 Å². The number of carbonyl (C=O) groups is 2. The molecule has 2 aromatic carbocycles. The number of ether oxygens (including phenoxy) is 2. The second-order valence-corrected chi connectivity index (χ2v) is 6.68. The lowest BCUT2D eigenvalue weighted by Crippen LogP contribution is -2.14. The van der Waals surface area contributed by atoms with Gasteiger partial charge >= 0.3 is 0 Å². The number of rotatable bonds is 9. The van der Waals surface area contributed by atoms with Crippen LogP contribution in [0.3, 0.4) is 0 Å². The fraction of sp³-hybridized carbons (Fsp3) is 0.217. The lowest BCUT2D eigenvalue weighted by molar-refractivity contribution is -0.116. The van der Waals surface area contributed by atoms with Gasteiger partial charge in [0.2, 0.25) is 5.91 Å². The summed E-state index contributed by atoms with van der Waals surface area (Å²) in [4.78, 5) is 23.7. The van der Waals surface area contributed by atoms with Gasteiger partial charge in [0.25, 0.3) is 0 Å². The fourth-order valence-electron chi connectivity index (χ4n) is 2.91. The van der Waals surface area contributed by atoms with Crippen LogP contribution in [0.15, 0.2) is 60.9 Å². The molecule has 0 saturated heterocycles. The SMILES string of the molecule is COc1cc(C(C)=O)ccc1OCCCC(=O)Nc1cc(-n2cccc2)ccc1F. The van der Waals surface area contributed by atoms with E-state index in [0.717, 1.165) is 5.69 Å². The molecule has 1 heterocycles. The van der Waals surface area contributed by atoms with Crippen molar-refractivity contribution in [3.8, 4) is 17.2 Å². The summed E-state index contributed by atoms with van der Waals surface area (Å²) in [5, 5.41) is 2.61. The molecule has 0 unspecified atom stereocenters. The van der Waals surface area contributed by atoms with Crippen molar-refractivity contribution in [1.29, 1.82) is 0 Å². The topological polar surface area (TPSA) is 69.6 Å². The van der Waals surface area contributed by atoms with Crippen molar-refractivity contribution < 1.29 is 23.5 Å². The molecular formula is C23H23FN2O4. The van der Waals surface area contributed by atoms with Crippen LogP contribution < -0.4 is 14.8 Å². The summed E-state index contributed by atoms with van der Waals surface area (Å²) in [6.45, 7) is 1.75. The van der Waals surface area contributed by atoms with Gasteiger partial charge in [-0.1, -0.05) is 0 Å². The Bertz CT molecular complexity index is 1030. The van der Waals surface area contributed by atoms with Gasteiger partial charge in [-0.25, -0.2) is 4.39 Å². The van der Waals surface area contributed by atoms with Crippen LogP contribution in [-0.4, -0.2) is 30.0 Å². The molecule has 0 atom stereocenters. The zero-order chi connectivity index (χ0) is 21.5. The van der Waals surface area contributed by atoms with E-state index < -0.39 is 5.82 Å². The molecule has 0 fully saturated rings. The summed E-state index contributed by atoms with van der Waals surface area (Å²) in [5.41, 5.74) is 1.41. The highest BCUT2D eigenvalue weighted by atomic mass is 19.1. The number of Topliss-reactive ketones (excluding diaryl/α,β-unsaturated/α-hetero) is 1. The molecule has 7 heteroatoms. The van der Waals surface area contributed by atoms with Gasteiger partial charge in [0, 0.05) is 30.1 Å². The van der Waals surface area contributed by atoms with Crippen LogP contribution in [0.25, 0.3) is 5.69 Å². The van der Waals surface area contributed by atoms with Crippen LogP contribution in [0.5, 0.6) is 11.5 Å². The van der Waals surface area contributed by atoms with E-state index in [1.807, 2.05) is 29.1 Å². The monoisotopic (exact) mass is 410 g/mol. The van der Waals surface area contributed by atoms with E-state index in [1.165, 1.54) is 20.1 Å². The summed E-state index contributed by atoms with van der Waals surface area (Å²) >= 11 is 0.